The summed E-state index contributed by atoms with van der Waals surface area (Å²) >= 11 is 0. The first-order valence-electron chi connectivity index (χ1n) is 6.96. The Hall–Kier alpha value is -2.11. The first kappa shape index (κ1) is 14.3. The summed E-state index contributed by atoms with van der Waals surface area (Å²) in [4.78, 5) is 27.3. The summed E-state index contributed by atoms with van der Waals surface area (Å²) in [6, 6.07) is 3.83. The van der Waals surface area contributed by atoms with Gasteiger partial charge in [0.1, 0.15) is 5.69 Å². The van der Waals surface area contributed by atoms with Crippen LogP contribution in [0.1, 0.15) is 36.7 Å². The van der Waals surface area contributed by atoms with Crippen molar-refractivity contribution in [3.05, 3.63) is 24.0 Å². The molecule has 0 radical (unpaired) electrons. The van der Waals surface area contributed by atoms with Crippen molar-refractivity contribution in [2.45, 2.75) is 32.2 Å². The number of amides is 2. The third-order valence-corrected chi connectivity index (χ3v) is 2.96. The van der Waals surface area contributed by atoms with Crippen LogP contribution in [0.2, 0.25) is 0 Å². The maximum atomic E-state index is 11.8. The molecule has 0 atom stereocenters. The molecule has 1 aromatic heterocycles. The van der Waals surface area contributed by atoms with Crippen LogP contribution in [0.15, 0.2) is 18.3 Å². The van der Waals surface area contributed by atoms with Crippen molar-refractivity contribution < 1.29 is 9.59 Å². The van der Waals surface area contributed by atoms with Crippen LogP contribution in [0.25, 0.3) is 0 Å². The average molecular weight is 276 g/mol. The van der Waals surface area contributed by atoms with Crippen molar-refractivity contribution in [1.29, 1.82) is 0 Å². The number of hydrogen-bond acceptors (Lipinski definition) is 4. The zero-order valence-corrected chi connectivity index (χ0v) is 11.6. The zero-order valence-electron chi connectivity index (χ0n) is 11.6. The van der Waals surface area contributed by atoms with Gasteiger partial charge in [-0.25, -0.2) is 4.98 Å². The van der Waals surface area contributed by atoms with E-state index in [-0.39, 0.29) is 11.8 Å². The lowest BCUT2D eigenvalue weighted by Gasteiger charge is -2.06. The summed E-state index contributed by atoms with van der Waals surface area (Å²) < 4.78 is 0. The van der Waals surface area contributed by atoms with Crippen LogP contribution in [0.5, 0.6) is 0 Å². The van der Waals surface area contributed by atoms with Gasteiger partial charge in [-0.05, 0) is 31.9 Å². The standard InChI is InChI=1S/C14H20N4O2/c1-2-15-11-5-6-12(17-9-11)14(20)16-8-7-13(19)18-10-3-4-10/h5-6,9-10,15H,2-4,7-8H2,1H3,(H,16,20)(H,18,19). The van der Waals surface area contributed by atoms with E-state index < -0.39 is 0 Å². The molecule has 0 saturated heterocycles. The van der Waals surface area contributed by atoms with Crippen LogP contribution in [-0.2, 0) is 4.79 Å². The summed E-state index contributed by atoms with van der Waals surface area (Å²) in [6.07, 6.45) is 4.07. The minimum absolute atomic E-state index is 0.0109. The van der Waals surface area contributed by atoms with E-state index in [0.717, 1.165) is 25.1 Å². The molecule has 0 aromatic carbocycles. The number of hydrogen-bond donors (Lipinski definition) is 3. The van der Waals surface area contributed by atoms with E-state index >= 15 is 0 Å². The Morgan fingerprint density at radius 1 is 1.35 bits per heavy atom. The van der Waals surface area contributed by atoms with Gasteiger partial charge in [0.05, 0.1) is 11.9 Å². The Kier molecular flexibility index (Phi) is 4.92. The van der Waals surface area contributed by atoms with Crippen LogP contribution in [-0.4, -0.2) is 35.9 Å². The predicted octanol–water partition coefficient (Wildman–Crippen LogP) is 0.912. The predicted molar refractivity (Wildman–Crippen MR) is 76.5 cm³/mol. The van der Waals surface area contributed by atoms with Crippen molar-refractivity contribution in [1.82, 2.24) is 15.6 Å². The molecule has 1 saturated carbocycles. The van der Waals surface area contributed by atoms with E-state index in [0.29, 0.717) is 24.7 Å². The third-order valence-electron chi connectivity index (χ3n) is 2.96. The lowest BCUT2D eigenvalue weighted by atomic mass is 10.3. The summed E-state index contributed by atoms with van der Waals surface area (Å²) in [6.45, 7) is 3.13. The Bertz CT molecular complexity index is 469. The Balaban J connectivity index is 1.71. The van der Waals surface area contributed by atoms with E-state index in [1.165, 1.54) is 0 Å². The minimum atomic E-state index is -0.257. The van der Waals surface area contributed by atoms with Crippen LogP contribution < -0.4 is 16.0 Å². The van der Waals surface area contributed by atoms with Gasteiger partial charge in [0.25, 0.3) is 5.91 Å². The molecule has 0 spiro atoms. The van der Waals surface area contributed by atoms with Crippen molar-refractivity contribution in [2.75, 3.05) is 18.4 Å². The van der Waals surface area contributed by atoms with Crippen LogP contribution in [0, 0.1) is 0 Å². The van der Waals surface area contributed by atoms with Gasteiger partial charge in [-0.3, -0.25) is 9.59 Å². The fourth-order valence-corrected chi connectivity index (χ4v) is 1.74. The van der Waals surface area contributed by atoms with Gasteiger partial charge in [-0.2, -0.15) is 0 Å². The Labute approximate surface area is 118 Å². The van der Waals surface area contributed by atoms with Gasteiger partial charge >= 0.3 is 0 Å². The Morgan fingerprint density at radius 2 is 2.15 bits per heavy atom. The molecular weight excluding hydrogens is 256 g/mol. The molecule has 1 aromatic rings. The highest BCUT2D eigenvalue weighted by molar-refractivity contribution is 5.92. The number of nitrogens with one attached hydrogen (secondary N) is 3. The van der Waals surface area contributed by atoms with Crippen LogP contribution in [0.3, 0.4) is 0 Å². The number of carbonyl (C=O) groups excluding carboxylic acids is 2. The molecule has 0 unspecified atom stereocenters. The lowest BCUT2D eigenvalue weighted by molar-refractivity contribution is -0.121. The second-order valence-electron chi connectivity index (χ2n) is 4.81. The van der Waals surface area contributed by atoms with E-state index in [1.54, 1.807) is 12.3 Å². The fourth-order valence-electron chi connectivity index (χ4n) is 1.74. The molecule has 0 aliphatic heterocycles. The quantitative estimate of drug-likeness (QED) is 0.691. The second-order valence-corrected chi connectivity index (χ2v) is 4.81. The molecule has 3 N–H and O–H groups in total. The number of anilines is 1. The zero-order chi connectivity index (χ0) is 14.4. The number of nitrogens with zero attached hydrogens (tertiary/aromatic N) is 1. The molecule has 2 amide bonds. The van der Waals surface area contributed by atoms with E-state index in [9.17, 15) is 9.59 Å². The SMILES string of the molecule is CCNc1ccc(C(=O)NCCC(=O)NC2CC2)nc1. The normalized spacial score (nSPS) is 13.7. The molecule has 6 nitrogen and oxygen atoms in total. The topological polar surface area (TPSA) is 83.1 Å². The molecule has 20 heavy (non-hydrogen) atoms. The molecular formula is C14H20N4O2. The molecule has 1 aliphatic carbocycles. The van der Waals surface area contributed by atoms with Gasteiger partial charge in [0.15, 0.2) is 0 Å². The molecule has 6 heteroatoms. The van der Waals surface area contributed by atoms with Crippen molar-refractivity contribution in [3.8, 4) is 0 Å². The first-order valence-corrected chi connectivity index (χ1v) is 6.96. The molecule has 108 valence electrons. The summed E-state index contributed by atoms with van der Waals surface area (Å²) in [5.74, 6) is -0.268. The highest BCUT2D eigenvalue weighted by Gasteiger charge is 2.22. The third kappa shape index (κ3) is 4.53. The molecule has 2 rings (SSSR count). The average Bonchev–Trinajstić information content (AvgIpc) is 3.23. The van der Waals surface area contributed by atoms with Gasteiger partial charge in [-0.1, -0.05) is 0 Å². The monoisotopic (exact) mass is 276 g/mol. The lowest BCUT2D eigenvalue weighted by Crippen LogP contribution is -2.32. The van der Waals surface area contributed by atoms with Gasteiger partial charge in [0.2, 0.25) is 5.91 Å². The van der Waals surface area contributed by atoms with Gasteiger partial charge < -0.3 is 16.0 Å². The van der Waals surface area contributed by atoms with E-state index in [1.807, 2.05) is 13.0 Å². The second kappa shape index (κ2) is 6.88. The van der Waals surface area contributed by atoms with Gasteiger partial charge in [0, 0.05) is 25.6 Å². The first-order chi connectivity index (χ1) is 9.69. The maximum absolute atomic E-state index is 11.8. The fraction of sp³-hybridized carbons (Fsp3) is 0.500. The number of pyridine rings is 1. The van der Waals surface area contributed by atoms with E-state index in [4.69, 9.17) is 0 Å². The molecule has 1 heterocycles. The molecule has 1 fully saturated rings. The number of aromatic nitrogens is 1. The van der Waals surface area contributed by atoms with Crippen LogP contribution >= 0.6 is 0 Å². The number of rotatable bonds is 7. The summed E-state index contributed by atoms with van der Waals surface area (Å²) in [5.41, 5.74) is 1.24. The largest absolute Gasteiger partial charge is 0.384 e. The van der Waals surface area contributed by atoms with E-state index in [2.05, 4.69) is 20.9 Å². The van der Waals surface area contributed by atoms with Crippen molar-refractivity contribution in [3.63, 3.8) is 0 Å². The maximum Gasteiger partial charge on any atom is 0.269 e. The van der Waals surface area contributed by atoms with Crippen molar-refractivity contribution in [2.24, 2.45) is 0 Å². The molecule has 0 bridgehead atoms. The highest BCUT2D eigenvalue weighted by Crippen LogP contribution is 2.18. The smallest absolute Gasteiger partial charge is 0.269 e. The highest BCUT2D eigenvalue weighted by atomic mass is 16.2. The summed E-state index contributed by atoms with van der Waals surface area (Å²) in [7, 11) is 0. The van der Waals surface area contributed by atoms with Crippen molar-refractivity contribution >= 4 is 17.5 Å². The minimum Gasteiger partial charge on any atom is -0.384 e. The summed E-state index contributed by atoms with van der Waals surface area (Å²) in [5, 5.41) is 8.68. The number of carbonyl (C=O) groups is 2. The Morgan fingerprint density at radius 3 is 2.75 bits per heavy atom. The van der Waals surface area contributed by atoms with Gasteiger partial charge in [-0.15, -0.1) is 0 Å². The van der Waals surface area contributed by atoms with Crippen LogP contribution in [0.4, 0.5) is 5.69 Å². The molecule has 1 aliphatic rings.